The summed E-state index contributed by atoms with van der Waals surface area (Å²) in [6, 6.07) is 0. The molecule has 0 amide bonds. The predicted molar refractivity (Wildman–Crippen MR) is 200 cm³/mol. The van der Waals surface area contributed by atoms with E-state index < -0.39 is 6.10 Å². The molecule has 0 heterocycles. The summed E-state index contributed by atoms with van der Waals surface area (Å²) in [4.78, 5) is 12.2. The van der Waals surface area contributed by atoms with Crippen LogP contribution in [0.4, 0.5) is 0 Å². The molecule has 1 unspecified atom stereocenters. The number of hydrogen-bond donors (Lipinski definition) is 1. The Labute approximate surface area is 287 Å². The van der Waals surface area contributed by atoms with E-state index in [1.165, 1.54) is 135 Å². The molecule has 0 aliphatic heterocycles. The van der Waals surface area contributed by atoms with E-state index in [0.29, 0.717) is 19.6 Å². The molecule has 46 heavy (non-hydrogen) atoms. The molecular weight excluding hydrogens is 568 g/mol. The monoisotopic (exact) mass is 647 g/mol. The highest BCUT2D eigenvalue weighted by molar-refractivity contribution is 5.69. The Morgan fingerprint density at radius 1 is 0.522 bits per heavy atom. The highest BCUT2D eigenvalue weighted by atomic mass is 16.6. The lowest BCUT2D eigenvalue weighted by Gasteiger charge is -2.16. The molecule has 0 aromatic heterocycles. The molecular formula is C42H78O4. The Kier molecular flexibility index (Phi) is 38.6. The summed E-state index contributed by atoms with van der Waals surface area (Å²) in [5, 5.41) is 9.57. The number of carbonyl (C=O) groups is 1. The number of aliphatic hydroxyl groups is 1. The Morgan fingerprint density at radius 2 is 0.913 bits per heavy atom. The minimum Gasteiger partial charge on any atom is -0.457 e. The van der Waals surface area contributed by atoms with E-state index in [1.54, 1.807) is 0 Å². The van der Waals surface area contributed by atoms with Crippen LogP contribution in [0.25, 0.3) is 0 Å². The summed E-state index contributed by atoms with van der Waals surface area (Å²) in [5.41, 5.74) is 0. The highest BCUT2D eigenvalue weighted by Crippen LogP contribution is 2.13. The van der Waals surface area contributed by atoms with E-state index in [-0.39, 0.29) is 12.6 Å². The van der Waals surface area contributed by atoms with Gasteiger partial charge < -0.3 is 14.6 Å². The van der Waals surface area contributed by atoms with Gasteiger partial charge in [-0.15, -0.1) is 0 Å². The van der Waals surface area contributed by atoms with Crippen molar-refractivity contribution in [1.82, 2.24) is 0 Å². The summed E-state index contributed by atoms with van der Waals surface area (Å²) in [7, 11) is 0. The molecule has 0 fully saturated rings. The Balaban J connectivity index is 3.47. The van der Waals surface area contributed by atoms with Crippen molar-refractivity contribution >= 4 is 5.97 Å². The quantitative estimate of drug-likeness (QED) is 0.0414. The molecule has 0 saturated heterocycles. The maximum atomic E-state index is 12.2. The third kappa shape index (κ3) is 37.1. The summed E-state index contributed by atoms with van der Waals surface area (Å²) in [5.74, 6) is -0.211. The summed E-state index contributed by atoms with van der Waals surface area (Å²) >= 11 is 0. The Hall–Kier alpha value is -1.39. The SMILES string of the molecule is CCCCCCC/C=C\C/C=C\C/C=C\CCCCCCCCC(=O)OC(CO)COCCCCCCCCCCCCCCC. The number of esters is 1. The van der Waals surface area contributed by atoms with Gasteiger partial charge in [0.2, 0.25) is 0 Å². The second kappa shape index (κ2) is 39.8. The number of rotatable bonds is 37. The van der Waals surface area contributed by atoms with Crippen LogP contribution in [0, 0.1) is 0 Å². The van der Waals surface area contributed by atoms with E-state index in [2.05, 4.69) is 50.3 Å². The molecule has 0 rings (SSSR count). The maximum Gasteiger partial charge on any atom is 0.306 e. The molecule has 0 aliphatic carbocycles. The zero-order chi connectivity index (χ0) is 33.4. The number of aliphatic hydroxyl groups excluding tert-OH is 1. The second-order valence-corrected chi connectivity index (χ2v) is 13.4. The van der Waals surface area contributed by atoms with Gasteiger partial charge in [-0.3, -0.25) is 4.79 Å². The van der Waals surface area contributed by atoms with Crippen molar-refractivity contribution in [1.29, 1.82) is 0 Å². The van der Waals surface area contributed by atoms with E-state index in [4.69, 9.17) is 9.47 Å². The Bertz CT molecular complexity index is 683. The van der Waals surface area contributed by atoms with Gasteiger partial charge in [0.25, 0.3) is 0 Å². The van der Waals surface area contributed by atoms with Crippen molar-refractivity contribution in [3.05, 3.63) is 36.5 Å². The van der Waals surface area contributed by atoms with Crippen molar-refractivity contribution < 1.29 is 19.4 Å². The molecule has 4 heteroatoms. The highest BCUT2D eigenvalue weighted by Gasteiger charge is 2.13. The lowest BCUT2D eigenvalue weighted by Crippen LogP contribution is -2.27. The van der Waals surface area contributed by atoms with Gasteiger partial charge in [0.1, 0.15) is 6.10 Å². The minimum atomic E-state index is -0.537. The molecule has 270 valence electrons. The van der Waals surface area contributed by atoms with Crippen LogP contribution in [0.3, 0.4) is 0 Å². The summed E-state index contributed by atoms with van der Waals surface area (Å²) in [6.07, 6.45) is 49.0. The lowest BCUT2D eigenvalue weighted by molar-refractivity contribution is -0.154. The van der Waals surface area contributed by atoms with Crippen molar-refractivity contribution in [3.8, 4) is 0 Å². The molecule has 0 aromatic carbocycles. The van der Waals surface area contributed by atoms with E-state index in [1.807, 2.05) is 0 Å². The first-order valence-corrected chi connectivity index (χ1v) is 20.1. The normalized spacial score (nSPS) is 12.7. The number of allylic oxidation sites excluding steroid dienone is 6. The van der Waals surface area contributed by atoms with Crippen molar-refractivity contribution in [2.24, 2.45) is 0 Å². The molecule has 0 radical (unpaired) electrons. The fraction of sp³-hybridized carbons (Fsp3) is 0.833. The summed E-state index contributed by atoms with van der Waals surface area (Å²) < 4.78 is 11.1. The van der Waals surface area contributed by atoms with E-state index in [9.17, 15) is 9.90 Å². The molecule has 0 aliphatic rings. The van der Waals surface area contributed by atoms with Gasteiger partial charge in [0.05, 0.1) is 13.2 Å². The smallest absolute Gasteiger partial charge is 0.306 e. The van der Waals surface area contributed by atoms with Crippen LogP contribution in [0.1, 0.15) is 200 Å². The molecule has 4 nitrogen and oxygen atoms in total. The van der Waals surface area contributed by atoms with Crippen LogP contribution < -0.4 is 0 Å². The van der Waals surface area contributed by atoms with Crippen molar-refractivity contribution in [3.63, 3.8) is 0 Å². The second-order valence-electron chi connectivity index (χ2n) is 13.4. The van der Waals surface area contributed by atoms with Gasteiger partial charge in [-0.25, -0.2) is 0 Å². The standard InChI is InChI=1S/C42H78O4/c1-3-5-7-9-11-13-15-17-18-19-20-21-22-23-24-25-27-29-31-33-35-37-42(44)46-41(39-43)40-45-38-36-34-32-30-28-26-16-14-12-10-8-6-4-2/h15,17,19-20,22-23,41,43H,3-14,16,18,21,24-40H2,1-2H3/b17-15-,20-19-,23-22-. The first kappa shape index (κ1) is 44.6. The molecule has 0 aromatic rings. The van der Waals surface area contributed by atoms with Gasteiger partial charge in [-0.2, -0.15) is 0 Å². The van der Waals surface area contributed by atoms with Crippen LogP contribution in [0.5, 0.6) is 0 Å². The van der Waals surface area contributed by atoms with Gasteiger partial charge >= 0.3 is 5.97 Å². The molecule has 0 spiro atoms. The van der Waals surface area contributed by atoms with Crippen LogP contribution in [-0.4, -0.2) is 37.0 Å². The van der Waals surface area contributed by atoms with Gasteiger partial charge in [-0.1, -0.05) is 179 Å². The predicted octanol–water partition coefficient (Wildman–Crippen LogP) is 12.9. The average molecular weight is 647 g/mol. The fourth-order valence-corrected chi connectivity index (χ4v) is 5.69. The molecule has 0 saturated carbocycles. The first-order valence-electron chi connectivity index (χ1n) is 20.1. The zero-order valence-electron chi connectivity index (χ0n) is 30.8. The maximum absolute atomic E-state index is 12.2. The van der Waals surface area contributed by atoms with E-state index >= 15 is 0 Å². The van der Waals surface area contributed by atoms with Crippen molar-refractivity contribution in [2.45, 2.75) is 206 Å². The number of ether oxygens (including phenoxy) is 2. The van der Waals surface area contributed by atoms with E-state index in [0.717, 1.165) is 44.9 Å². The van der Waals surface area contributed by atoms with Crippen molar-refractivity contribution in [2.75, 3.05) is 19.8 Å². The van der Waals surface area contributed by atoms with Gasteiger partial charge in [-0.05, 0) is 51.4 Å². The third-order valence-corrected chi connectivity index (χ3v) is 8.72. The first-order chi connectivity index (χ1) is 22.7. The largest absolute Gasteiger partial charge is 0.457 e. The summed E-state index contributed by atoms with van der Waals surface area (Å²) in [6.45, 7) is 5.34. The lowest BCUT2D eigenvalue weighted by atomic mass is 10.0. The van der Waals surface area contributed by atoms with Crippen LogP contribution in [-0.2, 0) is 14.3 Å². The number of unbranched alkanes of at least 4 members (excludes halogenated alkanes) is 23. The van der Waals surface area contributed by atoms with Gasteiger partial charge in [0, 0.05) is 13.0 Å². The van der Waals surface area contributed by atoms with Crippen LogP contribution in [0.15, 0.2) is 36.5 Å². The minimum absolute atomic E-state index is 0.175. The zero-order valence-corrected chi connectivity index (χ0v) is 30.8. The average Bonchev–Trinajstić information content (AvgIpc) is 3.06. The third-order valence-electron chi connectivity index (χ3n) is 8.72. The topological polar surface area (TPSA) is 55.8 Å². The molecule has 1 N–H and O–H groups in total. The van der Waals surface area contributed by atoms with Gasteiger partial charge in [0.15, 0.2) is 0 Å². The number of carbonyl (C=O) groups excluding carboxylic acids is 1. The number of hydrogen-bond acceptors (Lipinski definition) is 4. The fourth-order valence-electron chi connectivity index (χ4n) is 5.69. The Morgan fingerprint density at radius 3 is 1.37 bits per heavy atom. The molecule has 0 bridgehead atoms. The molecule has 1 atom stereocenters. The van der Waals surface area contributed by atoms with Crippen LogP contribution >= 0.6 is 0 Å². The van der Waals surface area contributed by atoms with Crippen LogP contribution in [0.2, 0.25) is 0 Å².